The minimum Gasteiger partial charge on any atom is -0.349 e. The molecule has 7 heteroatoms. The van der Waals surface area contributed by atoms with Crippen molar-refractivity contribution in [3.05, 3.63) is 44.8 Å². The number of hydrogen-bond acceptors (Lipinski definition) is 4. The number of nitrogens with one attached hydrogen (secondary N) is 1. The molecule has 1 aliphatic heterocycles. The zero-order valence-corrected chi connectivity index (χ0v) is 15.0. The van der Waals surface area contributed by atoms with E-state index in [1.165, 1.54) is 11.3 Å². The van der Waals surface area contributed by atoms with Gasteiger partial charge in [0, 0.05) is 28.5 Å². The van der Waals surface area contributed by atoms with E-state index in [1.807, 2.05) is 36.6 Å². The van der Waals surface area contributed by atoms with Gasteiger partial charge in [-0.05, 0) is 35.0 Å². The lowest BCUT2D eigenvalue weighted by Gasteiger charge is -2.18. The Morgan fingerprint density at radius 1 is 1.48 bits per heavy atom. The summed E-state index contributed by atoms with van der Waals surface area (Å²) in [4.78, 5) is 30.5. The van der Waals surface area contributed by atoms with Crippen molar-refractivity contribution in [1.82, 2.24) is 10.3 Å². The molecule has 1 aromatic heterocycles. The lowest BCUT2D eigenvalue weighted by atomic mass is 10.1. The molecule has 0 bridgehead atoms. The minimum absolute atomic E-state index is 0.0258. The first-order valence-corrected chi connectivity index (χ1v) is 8.95. The third-order valence-electron chi connectivity index (χ3n) is 3.72. The maximum atomic E-state index is 12.3. The molecule has 0 spiro atoms. The van der Waals surface area contributed by atoms with Gasteiger partial charge in [0.25, 0.3) is 0 Å². The number of thiazole rings is 1. The van der Waals surface area contributed by atoms with Crippen molar-refractivity contribution in [2.45, 2.75) is 19.9 Å². The molecular formula is C16H16BrN3O2S. The molecule has 0 aliphatic carbocycles. The van der Waals surface area contributed by atoms with Crippen LogP contribution in [-0.2, 0) is 16.1 Å². The predicted molar refractivity (Wildman–Crippen MR) is 93.3 cm³/mol. The Morgan fingerprint density at radius 2 is 2.26 bits per heavy atom. The van der Waals surface area contributed by atoms with E-state index in [1.54, 1.807) is 4.90 Å². The lowest BCUT2D eigenvalue weighted by molar-refractivity contribution is -0.126. The second-order valence-electron chi connectivity index (χ2n) is 5.46. The van der Waals surface area contributed by atoms with E-state index in [0.717, 1.165) is 20.9 Å². The van der Waals surface area contributed by atoms with Crippen LogP contribution in [0.15, 0.2) is 34.1 Å². The molecule has 0 saturated carbocycles. The Bertz CT molecular complexity index is 746. The largest absolute Gasteiger partial charge is 0.349 e. The topological polar surface area (TPSA) is 62.3 Å². The monoisotopic (exact) mass is 393 g/mol. The van der Waals surface area contributed by atoms with Crippen molar-refractivity contribution >= 4 is 44.8 Å². The molecule has 2 amide bonds. The summed E-state index contributed by atoms with van der Waals surface area (Å²) in [5.74, 6) is -0.446. The predicted octanol–water partition coefficient (Wildman–Crippen LogP) is 2.88. The molecule has 23 heavy (non-hydrogen) atoms. The molecule has 1 aliphatic rings. The molecule has 2 aromatic rings. The summed E-state index contributed by atoms with van der Waals surface area (Å²) < 4.78 is 0.854. The number of amides is 2. The molecule has 1 atom stereocenters. The molecular weight excluding hydrogens is 378 g/mol. The summed E-state index contributed by atoms with van der Waals surface area (Å²) >= 11 is 4.98. The van der Waals surface area contributed by atoms with Gasteiger partial charge in [-0.3, -0.25) is 9.59 Å². The van der Waals surface area contributed by atoms with Crippen LogP contribution in [0.3, 0.4) is 0 Å². The van der Waals surface area contributed by atoms with Gasteiger partial charge in [0.2, 0.25) is 11.8 Å². The van der Waals surface area contributed by atoms with Crippen molar-refractivity contribution in [2.75, 3.05) is 11.4 Å². The Morgan fingerprint density at radius 3 is 2.96 bits per heavy atom. The molecule has 1 N–H and O–H groups in total. The molecule has 5 nitrogen and oxygen atoms in total. The van der Waals surface area contributed by atoms with Gasteiger partial charge in [-0.15, -0.1) is 11.3 Å². The third-order valence-corrected chi connectivity index (χ3v) is 5.36. The van der Waals surface area contributed by atoms with Crippen LogP contribution >= 0.6 is 27.3 Å². The molecule has 1 saturated heterocycles. The van der Waals surface area contributed by atoms with Crippen LogP contribution in [0.4, 0.5) is 5.69 Å². The van der Waals surface area contributed by atoms with Crippen molar-refractivity contribution < 1.29 is 9.59 Å². The lowest BCUT2D eigenvalue weighted by Crippen LogP contribution is -2.32. The van der Waals surface area contributed by atoms with Gasteiger partial charge in [0.1, 0.15) is 5.01 Å². The number of hydrogen-bond donors (Lipinski definition) is 1. The first kappa shape index (κ1) is 16.1. The van der Waals surface area contributed by atoms with Gasteiger partial charge in [0.05, 0.1) is 18.2 Å². The van der Waals surface area contributed by atoms with E-state index in [4.69, 9.17) is 0 Å². The van der Waals surface area contributed by atoms with Crippen LogP contribution in [0.25, 0.3) is 0 Å². The van der Waals surface area contributed by atoms with Crippen molar-refractivity contribution in [3.63, 3.8) is 0 Å². The van der Waals surface area contributed by atoms with Gasteiger partial charge in [-0.25, -0.2) is 4.98 Å². The van der Waals surface area contributed by atoms with Crippen LogP contribution in [0.1, 0.15) is 17.1 Å². The number of carbonyl (C=O) groups excluding carboxylic acids is 2. The maximum absolute atomic E-state index is 12.3. The minimum atomic E-state index is -0.323. The number of benzene rings is 1. The van der Waals surface area contributed by atoms with Gasteiger partial charge in [0.15, 0.2) is 0 Å². The summed E-state index contributed by atoms with van der Waals surface area (Å²) in [6.45, 7) is 2.74. The molecule has 3 rings (SSSR count). The average Bonchev–Trinajstić information content (AvgIpc) is 3.11. The molecule has 0 radical (unpaired) electrons. The first-order valence-electron chi connectivity index (χ1n) is 7.28. The number of aryl methyl sites for hydroxylation is 1. The van der Waals surface area contributed by atoms with E-state index in [9.17, 15) is 9.59 Å². The standard InChI is InChI=1S/C16H16BrN3O2S/c1-10-9-23-14(19-10)7-18-16(22)11-6-15(21)20(8-11)13-5-3-2-4-12(13)17/h2-5,9,11H,6-8H2,1H3,(H,18,22)/t11-/m0/s1. The highest BCUT2D eigenvalue weighted by molar-refractivity contribution is 9.10. The van der Waals surface area contributed by atoms with Crippen LogP contribution in [-0.4, -0.2) is 23.3 Å². The Labute approximate surface area is 146 Å². The molecule has 1 fully saturated rings. The maximum Gasteiger partial charge on any atom is 0.227 e. The van der Waals surface area contributed by atoms with Crippen molar-refractivity contribution in [2.24, 2.45) is 5.92 Å². The number of carbonyl (C=O) groups is 2. The van der Waals surface area contributed by atoms with E-state index in [-0.39, 0.29) is 24.2 Å². The second kappa shape index (κ2) is 6.80. The Balaban J connectivity index is 1.63. The molecule has 120 valence electrons. The van der Waals surface area contributed by atoms with Gasteiger partial charge in [-0.1, -0.05) is 12.1 Å². The summed E-state index contributed by atoms with van der Waals surface area (Å²) in [5.41, 5.74) is 1.76. The number of halogens is 1. The fraction of sp³-hybridized carbons (Fsp3) is 0.312. The summed E-state index contributed by atoms with van der Waals surface area (Å²) in [7, 11) is 0. The Hall–Kier alpha value is -1.73. The average molecular weight is 394 g/mol. The van der Waals surface area contributed by atoms with Crippen LogP contribution < -0.4 is 10.2 Å². The quantitative estimate of drug-likeness (QED) is 0.868. The van der Waals surface area contributed by atoms with Gasteiger partial charge >= 0.3 is 0 Å². The summed E-state index contributed by atoms with van der Waals surface area (Å²) in [5, 5.41) is 5.71. The first-order chi connectivity index (χ1) is 11.0. The van der Waals surface area contributed by atoms with E-state index >= 15 is 0 Å². The third kappa shape index (κ3) is 3.61. The number of anilines is 1. The van der Waals surface area contributed by atoms with E-state index in [0.29, 0.717) is 13.1 Å². The number of aromatic nitrogens is 1. The highest BCUT2D eigenvalue weighted by Gasteiger charge is 2.35. The fourth-order valence-electron chi connectivity index (χ4n) is 2.58. The fourth-order valence-corrected chi connectivity index (χ4v) is 3.79. The van der Waals surface area contributed by atoms with Crippen LogP contribution in [0.5, 0.6) is 0 Å². The highest BCUT2D eigenvalue weighted by Crippen LogP contribution is 2.31. The summed E-state index contributed by atoms with van der Waals surface area (Å²) in [6, 6.07) is 7.54. The SMILES string of the molecule is Cc1csc(CNC(=O)[C@H]2CC(=O)N(c3ccccc3Br)C2)n1. The molecule has 2 heterocycles. The highest BCUT2D eigenvalue weighted by atomic mass is 79.9. The van der Waals surface area contributed by atoms with E-state index in [2.05, 4.69) is 26.2 Å². The van der Waals surface area contributed by atoms with Crippen molar-refractivity contribution in [3.8, 4) is 0 Å². The zero-order valence-electron chi connectivity index (χ0n) is 12.6. The molecule has 0 unspecified atom stereocenters. The number of rotatable bonds is 4. The van der Waals surface area contributed by atoms with Crippen molar-refractivity contribution in [1.29, 1.82) is 0 Å². The molecule has 1 aromatic carbocycles. The van der Waals surface area contributed by atoms with Gasteiger partial charge in [-0.2, -0.15) is 0 Å². The number of nitrogens with zero attached hydrogens (tertiary/aromatic N) is 2. The Kier molecular flexibility index (Phi) is 4.77. The normalized spacial score (nSPS) is 17.6. The second-order valence-corrected chi connectivity index (χ2v) is 7.25. The number of para-hydroxylation sites is 1. The zero-order chi connectivity index (χ0) is 16.4. The van der Waals surface area contributed by atoms with E-state index < -0.39 is 0 Å². The summed E-state index contributed by atoms with van der Waals surface area (Å²) in [6.07, 6.45) is 0.240. The van der Waals surface area contributed by atoms with Crippen LogP contribution in [0, 0.1) is 12.8 Å². The van der Waals surface area contributed by atoms with Crippen LogP contribution in [0.2, 0.25) is 0 Å². The van der Waals surface area contributed by atoms with Gasteiger partial charge < -0.3 is 10.2 Å². The smallest absolute Gasteiger partial charge is 0.227 e.